The monoisotopic (exact) mass is 469 g/mol. The SMILES string of the molecule is CN(C)S(=O)(=O)c1cc(C(=O)Nc2ccccc2S(=O)(=O)N2CCCCC2)ccc1F. The number of nitrogens with one attached hydrogen (secondary N) is 1. The molecule has 168 valence electrons. The van der Waals surface area contributed by atoms with Gasteiger partial charge in [0, 0.05) is 32.7 Å². The van der Waals surface area contributed by atoms with Crippen LogP contribution >= 0.6 is 0 Å². The summed E-state index contributed by atoms with van der Waals surface area (Å²) in [6.45, 7) is 0.822. The Morgan fingerprint density at radius 1 is 0.968 bits per heavy atom. The van der Waals surface area contributed by atoms with Gasteiger partial charge in [-0.2, -0.15) is 4.31 Å². The second-order valence-electron chi connectivity index (χ2n) is 7.35. The molecule has 0 spiro atoms. The molecule has 0 saturated carbocycles. The number of nitrogens with zero attached hydrogens (tertiary/aromatic N) is 2. The van der Waals surface area contributed by atoms with E-state index < -0.39 is 36.7 Å². The zero-order valence-electron chi connectivity index (χ0n) is 17.2. The van der Waals surface area contributed by atoms with Crippen molar-refractivity contribution in [2.75, 3.05) is 32.5 Å². The van der Waals surface area contributed by atoms with E-state index in [1.54, 1.807) is 12.1 Å². The predicted octanol–water partition coefficient (Wildman–Crippen LogP) is 2.50. The summed E-state index contributed by atoms with van der Waals surface area (Å²) in [5, 5.41) is 2.52. The highest BCUT2D eigenvalue weighted by Gasteiger charge is 2.29. The number of carbonyl (C=O) groups is 1. The molecule has 0 unspecified atom stereocenters. The normalized spacial score (nSPS) is 15.7. The molecule has 1 N–H and O–H groups in total. The Hall–Kier alpha value is -2.34. The third-order valence-corrected chi connectivity index (χ3v) is 8.81. The molecule has 2 aromatic carbocycles. The first-order valence-electron chi connectivity index (χ1n) is 9.68. The minimum atomic E-state index is -4.11. The molecule has 1 aliphatic heterocycles. The Labute approximate surface area is 181 Å². The van der Waals surface area contributed by atoms with Crippen LogP contribution in [-0.4, -0.2) is 58.5 Å². The standard InChI is InChI=1S/C20H24FN3O5S2/c1-23(2)30(26,27)19-14-15(10-11-16(19)21)20(25)22-17-8-4-5-9-18(17)31(28,29)24-12-6-3-7-13-24/h4-5,8-11,14H,3,6-7,12-13H2,1-2H3,(H,22,25). The van der Waals surface area contributed by atoms with Gasteiger partial charge in [0.25, 0.3) is 5.91 Å². The Balaban J connectivity index is 1.94. The third-order valence-electron chi connectivity index (χ3n) is 5.02. The Kier molecular flexibility index (Phi) is 6.79. The van der Waals surface area contributed by atoms with Gasteiger partial charge < -0.3 is 5.32 Å². The molecule has 1 heterocycles. The van der Waals surface area contributed by atoms with Gasteiger partial charge in [-0.25, -0.2) is 25.5 Å². The Morgan fingerprint density at radius 3 is 2.26 bits per heavy atom. The van der Waals surface area contributed by atoms with Gasteiger partial charge in [-0.15, -0.1) is 0 Å². The van der Waals surface area contributed by atoms with Crippen molar-refractivity contribution in [1.82, 2.24) is 8.61 Å². The highest BCUT2D eigenvalue weighted by molar-refractivity contribution is 7.89. The fourth-order valence-electron chi connectivity index (χ4n) is 3.27. The van der Waals surface area contributed by atoms with Crippen molar-refractivity contribution in [3.63, 3.8) is 0 Å². The maximum atomic E-state index is 14.1. The number of rotatable bonds is 6. The van der Waals surface area contributed by atoms with E-state index in [4.69, 9.17) is 0 Å². The van der Waals surface area contributed by atoms with Crippen LogP contribution in [0.25, 0.3) is 0 Å². The second kappa shape index (κ2) is 9.03. The maximum absolute atomic E-state index is 14.1. The van der Waals surface area contributed by atoms with Crippen LogP contribution in [0.15, 0.2) is 52.3 Å². The molecule has 1 saturated heterocycles. The van der Waals surface area contributed by atoms with Crippen LogP contribution in [0.5, 0.6) is 0 Å². The van der Waals surface area contributed by atoms with Crippen molar-refractivity contribution >= 4 is 31.6 Å². The number of benzene rings is 2. The van der Waals surface area contributed by atoms with Crippen LogP contribution < -0.4 is 5.32 Å². The number of sulfonamides is 2. The molecule has 8 nitrogen and oxygen atoms in total. The van der Waals surface area contributed by atoms with Crippen LogP contribution in [0.1, 0.15) is 29.6 Å². The van der Waals surface area contributed by atoms with E-state index in [0.717, 1.165) is 41.8 Å². The largest absolute Gasteiger partial charge is 0.321 e. The van der Waals surface area contributed by atoms with Gasteiger partial charge in [-0.05, 0) is 43.2 Å². The first-order chi connectivity index (χ1) is 14.5. The highest BCUT2D eigenvalue weighted by atomic mass is 32.2. The molecule has 3 rings (SSSR count). The summed E-state index contributed by atoms with van der Waals surface area (Å²) in [5.41, 5.74) is -0.0496. The number of para-hydroxylation sites is 1. The summed E-state index contributed by atoms with van der Waals surface area (Å²) in [6.07, 6.45) is 2.51. The van der Waals surface area contributed by atoms with Gasteiger partial charge in [0.2, 0.25) is 20.0 Å². The van der Waals surface area contributed by atoms with Crippen molar-refractivity contribution in [1.29, 1.82) is 0 Å². The average Bonchev–Trinajstić information content (AvgIpc) is 2.74. The quantitative estimate of drug-likeness (QED) is 0.700. The van der Waals surface area contributed by atoms with Crippen LogP contribution in [0, 0.1) is 5.82 Å². The van der Waals surface area contributed by atoms with Crippen molar-refractivity contribution in [2.24, 2.45) is 0 Å². The van der Waals surface area contributed by atoms with Gasteiger partial charge in [-0.3, -0.25) is 4.79 Å². The number of carbonyl (C=O) groups excluding carboxylic acids is 1. The molecule has 31 heavy (non-hydrogen) atoms. The number of hydrogen-bond acceptors (Lipinski definition) is 5. The van der Waals surface area contributed by atoms with E-state index >= 15 is 0 Å². The van der Waals surface area contributed by atoms with Crippen molar-refractivity contribution in [3.8, 4) is 0 Å². The molecule has 1 aliphatic rings. The van der Waals surface area contributed by atoms with Crippen LogP contribution in [0.2, 0.25) is 0 Å². The summed E-state index contributed by atoms with van der Waals surface area (Å²) in [6, 6.07) is 8.97. The maximum Gasteiger partial charge on any atom is 0.255 e. The van der Waals surface area contributed by atoms with Gasteiger partial charge in [0.1, 0.15) is 15.6 Å². The molecule has 11 heteroatoms. The first kappa shape index (κ1) is 23.3. The Morgan fingerprint density at radius 2 is 1.61 bits per heavy atom. The number of hydrogen-bond donors (Lipinski definition) is 1. The summed E-state index contributed by atoms with van der Waals surface area (Å²) < 4.78 is 67.1. The molecule has 0 radical (unpaired) electrons. The van der Waals surface area contributed by atoms with Gasteiger partial charge in [0.05, 0.1) is 5.69 Å². The molecule has 2 aromatic rings. The lowest BCUT2D eigenvalue weighted by Gasteiger charge is -2.26. The molecular weight excluding hydrogens is 445 g/mol. The van der Waals surface area contributed by atoms with Gasteiger partial charge in [-0.1, -0.05) is 18.6 Å². The van der Waals surface area contributed by atoms with Crippen LogP contribution in [0.3, 0.4) is 0 Å². The van der Waals surface area contributed by atoms with E-state index in [1.807, 2.05) is 0 Å². The summed E-state index contributed by atoms with van der Waals surface area (Å²) >= 11 is 0. The van der Waals surface area contributed by atoms with Crippen LogP contribution in [-0.2, 0) is 20.0 Å². The molecule has 0 atom stereocenters. The summed E-state index contributed by atoms with van der Waals surface area (Å²) in [5.74, 6) is -1.74. The lowest BCUT2D eigenvalue weighted by atomic mass is 10.2. The number of piperidine rings is 1. The third kappa shape index (κ3) is 4.79. The summed E-state index contributed by atoms with van der Waals surface area (Å²) in [7, 11) is -5.41. The molecule has 0 bridgehead atoms. The highest BCUT2D eigenvalue weighted by Crippen LogP contribution is 2.27. The zero-order valence-corrected chi connectivity index (χ0v) is 18.8. The van der Waals surface area contributed by atoms with E-state index in [9.17, 15) is 26.0 Å². The minimum Gasteiger partial charge on any atom is -0.321 e. The lowest BCUT2D eigenvalue weighted by molar-refractivity contribution is 0.102. The smallest absolute Gasteiger partial charge is 0.255 e. The van der Waals surface area contributed by atoms with Crippen molar-refractivity contribution in [3.05, 3.63) is 53.8 Å². The fraction of sp³-hybridized carbons (Fsp3) is 0.350. The summed E-state index contributed by atoms with van der Waals surface area (Å²) in [4.78, 5) is 12.1. The molecule has 0 aliphatic carbocycles. The average molecular weight is 470 g/mol. The second-order valence-corrected chi connectivity index (χ2v) is 11.4. The van der Waals surface area contributed by atoms with E-state index in [-0.39, 0.29) is 16.1 Å². The van der Waals surface area contributed by atoms with Crippen molar-refractivity contribution < 1.29 is 26.0 Å². The van der Waals surface area contributed by atoms with E-state index in [1.165, 1.54) is 30.5 Å². The number of anilines is 1. The number of amides is 1. The Bertz CT molecular complexity index is 1190. The molecule has 0 aromatic heterocycles. The predicted molar refractivity (Wildman–Crippen MR) is 114 cm³/mol. The minimum absolute atomic E-state index is 0.0477. The van der Waals surface area contributed by atoms with Gasteiger partial charge in [0.15, 0.2) is 0 Å². The van der Waals surface area contributed by atoms with Crippen molar-refractivity contribution in [2.45, 2.75) is 29.1 Å². The van der Waals surface area contributed by atoms with Gasteiger partial charge >= 0.3 is 0 Å². The lowest BCUT2D eigenvalue weighted by Crippen LogP contribution is -2.36. The molecule has 1 amide bonds. The zero-order chi connectivity index (χ0) is 22.8. The fourth-order valence-corrected chi connectivity index (χ4v) is 5.92. The molecule has 1 fully saturated rings. The van der Waals surface area contributed by atoms with Crippen LogP contribution in [0.4, 0.5) is 10.1 Å². The topological polar surface area (TPSA) is 104 Å². The van der Waals surface area contributed by atoms with E-state index in [0.29, 0.717) is 13.1 Å². The molecular formula is C20H24FN3O5S2. The number of halogens is 1. The first-order valence-corrected chi connectivity index (χ1v) is 12.6. The van der Waals surface area contributed by atoms with E-state index in [2.05, 4.69) is 5.32 Å².